The van der Waals surface area contributed by atoms with E-state index < -0.39 is 5.97 Å². The number of rotatable bonds is 2. The maximum Gasteiger partial charge on any atom is 0.359 e. The van der Waals surface area contributed by atoms with Crippen LogP contribution < -0.4 is 5.69 Å². The molecule has 78 valence electrons. The second kappa shape index (κ2) is 3.56. The number of nitrogens with one attached hydrogen (secondary N) is 1. The Morgan fingerprint density at radius 1 is 1.67 bits per heavy atom. The average Bonchev–Trinajstić information content (AvgIpc) is 2.63. The third-order valence-corrected chi connectivity index (χ3v) is 1.94. The van der Waals surface area contributed by atoms with Crippen molar-refractivity contribution in [1.82, 2.24) is 14.4 Å². The van der Waals surface area contributed by atoms with Crippen molar-refractivity contribution in [1.29, 1.82) is 0 Å². The van der Waals surface area contributed by atoms with Gasteiger partial charge >= 0.3 is 11.7 Å². The van der Waals surface area contributed by atoms with Gasteiger partial charge in [0.2, 0.25) is 0 Å². The number of hydrogen-bond acceptors (Lipinski definition) is 4. The normalized spacial score (nSPS) is 10.5. The molecule has 15 heavy (non-hydrogen) atoms. The molecule has 0 fully saturated rings. The molecule has 0 aromatic carbocycles. The van der Waals surface area contributed by atoms with E-state index in [0.717, 1.165) is 0 Å². The van der Waals surface area contributed by atoms with Crippen molar-refractivity contribution in [2.45, 2.75) is 6.92 Å². The minimum Gasteiger partial charge on any atom is -0.461 e. The number of carbonyl (C=O) groups excluding carboxylic acids is 1. The molecule has 0 atom stereocenters. The number of imidazole rings is 1. The molecule has 6 heteroatoms. The number of esters is 1. The molecule has 0 amide bonds. The highest BCUT2D eigenvalue weighted by Gasteiger charge is 2.14. The summed E-state index contributed by atoms with van der Waals surface area (Å²) in [5.41, 5.74) is 0.260. The number of carbonyl (C=O) groups is 1. The van der Waals surface area contributed by atoms with Crippen LogP contribution in [0.15, 0.2) is 23.4 Å². The third kappa shape index (κ3) is 1.50. The molecule has 0 unspecified atom stereocenters. The van der Waals surface area contributed by atoms with Gasteiger partial charge in [-0.2, -0.15) is 0 Å². The highest BCUT2D eigenvalue weighted by Crippen LogP contribution is 2.07. The predicted molar refractivity (Wildman–Crippen MR) is 51.8 cm³/mol. The lowest BCUT2D eigenvalue weighted by molar-refractivity contribution is 0.0522. The average molecular weight is 207 g/mol. The first-order valence-corrected chi connectivity index (χ1v) is 4.46. The van der Waals surface area contributed by atoms with Crippen LogP contribution in [0.3, 0.4) is 0 Å². The standard InChI is InChI=1S/C9H9N3O3/c1-2-15-8(13)7-6-3-4-10-9(14)12(6)5-11-7/h3-5H,2H2,1H3,(H,10,14). The number of fused-ring (bicyclic) bond motifs is 1. The molecule has 2 rings (SSSR count). The summed E-state index contributed by atoms with van der Waals surface area (Å²) in [7, 11) is 0. The summed E-state index contributed by atoms with van der Waals surface area (Å²) in [5, 5.41) is 0. The molecular formula is C9H9N3O3. The molecule has 1 N–H and O–H groups in total. The summed E-state index contributed by atoms with van der Waals surface area (Å²) in [5.74, 6) is -0.523. The zero-order valence-corrected chi connectivity index (χ0v) is 8.06. The zero-order valence-electron chi connectivity index (χ0n) is 8.06. The van der Waals surface area contributed by atoms with Crippen LogP contribution in [0.25, 0.3) is 5.52 Å². The number of nitrogens with zero attached hydrogens (tertiary/aromatic N) is 2. The van der Waals surface area contributed by atoms with E-state index in [1.807, 2.05) is 0 Å². The van der Waals surface area contributed by atoms with Crippen LogP contribution in [0, 0.1) is 0 Å². The lowest BCUT2D eigenvalue weighted by Crippen LogP contribution is -2.14. The fourth-order valence-electron chi connectivity index (χ4n) is 1.30. The number of H-pyrrole nitrogens is 1. The maximum atomic E-state index is 11.4. The Balaban J connectivity index is 2.59. The molecule has 2 aromatic rings. The van der Waals surface area contributed by atoms with Crippen LogP contribution in [-0.2, 0) is 4.74 Å². The van der Waals surface area contributed by atoms with Gasteiger partial charge in [0.15, 0.2) is 5.69 Å². The SMILES string of the molecule is CCOC(=O)c1ncn2c(=O)[nH]ccc12. The Morgan fingerprint density at radius 2 is 2.47 bits per heavy atom. The van der Waals surface area contributed by atoms with Crippen LogP contribution in [0.4, 0.5) is 0 Å². The maximum absolute atomic E-state index is 11.4. The summed E-state index contributed by atoms with van der Waals surface area (Å²) in [4.78, 5) is 29.0. The summed E-state index contributed by atoms with van der Waals surface area (Å²) >= 11 is 0. The Morgan fingerprint density at radius 3 is 3.20 bits per heavy atom. The molecular weight excluding hydrogens is 198 g/mol. The third-order valence-electron chi connectivity index (χ3n) is 1.94. The first kappa shape index (κ1) is 9.45. The van der Waals surface area contributed by atoms with Crippen molar-refractivity contribution in [3.8, 4) is 0 Å². The summed E-state index contributed by atoms with van der Waals surface area (Å²) in [6, 6.07) is 1.60. The van der Waals surface area contributed by atoms with Crippen LogP contribution >= 0.6 is 0 Å². The second-order valence-corrected chi connectivity index (χ2v) is 2.85. The predicted octanol–water partition coefficient (Wildman–Crippen LogP) is 0.199. The monoisotopic (exact) mass is 207 g/mol. The van der Waals surface area contributed by atoms with E-state index in [2.05, 4.69) is 9.97 Å². The Labute approximate surface area is 84.5 Å². The van der Waals surface area contributed by atoms with Gasteiger partial charge in [0.25, 0.3) is 0 Å². The molecule has 0 saturated carbocycles. The summed E-state index contributed by atoms with van der Waals surface area (Å²) in [6.07, 6.45) is 2.75. The fraction of sp³-hybridized carbons (Fsp3) is 0.222. The molecule has 0 radical (unpaired) electrons. The van der Waals surface area contributed by atoms with Crippen LogP contribution in [0.1, 0.15) is 17.4 Å². The number of ether oxygens (including phenoxy) is 1. The number of aromatic nitrogens is 3. The largest absolute Gasteiger partial charge is 0.461 e. The summed E-state index contributed by atoms with van der Waals surface area (Å²) in [6.45, 7) is 1.99. The quantitative estimate of drug-likeness (QED) is 0.713. The molecule has 0 bridgehead atoms. The number of aromatic amines is 1. The van der Waals surface area contributed by atoms with E-state index >= 15 is 0 Å². The van der Waals surface area contributed by atoms with Gasteiger partial charge in [0.05, 0.1) is 12.1 Å². The van der Waals surface area contributed by atoms with Gasteiger partial charge in [-0.1, -0.05) is 0 Å². The van der Waals surface area contributed by atoms with Gasteiger partial charge in [0, 0.05) is 6.20 Å². The van der Waals surface area contributed by atoms with E-state index in [1.54, 1.807) is 13.0 Å². The summed E-state index contributed by atoms with van der Waals surface area (Å²) < 4.78 is 6.06. The van der Waals surface area contributed by atoms with Gasteiger partial charge in [-0.25, -0.2) is 14.6 Å². The number of hydrogen-bond donors (Lipinski definition) is 1. The molecule has 2 aromatic heterocycles. The minimum absolute atomic E-state index is 0.156. The highest BCUT2D eigenvalue weighted by molar-refractivity contribution is 5.94. The molecule has 0 aliphatic rings. The smallest absolute Gasteiger partial charge is 0.359 e. The van der Waals surface area contributed by atoms with E-state index in [4.69, 9.17) is 4.74 Å². The lowest BCUT2D eigenvalue weighted by Gasteiger charge is -1.98. The van der Waals surface area contributed by atoms with Crippen molar-refractivity contribution < 1.29 is 9.53 Å². The van der Waals surface area contributed by atoms with Gasteiger partial charge in [0.1, 0.15) is 6.33 Å². The topological polar surface area (TPSA) is 76.5 Å². The van der Waals surface area contributed by atoms with E-state index in [9.17, 15) is 9.59 Å². The molecule has 0 aliphatic carbocycles. The van der Waals surface area contributed by atoms with Crippen LogP contribution in [0.5, 0.6) is 0 Å². The Bertz CT molecular complexity index is 555. The van der Waals surface area contributed by atoms with Crippen molar-refractivity contribution in [3.63, 3.8) is 0 Å². The van der Waals surface area contributed by atoms with Crippen molar-refractivity contribution in [3.05, 3.63) is 34.8 Å². The van der Waals surface area contributed by atoms with Gasteiger partial charge in [-0.3, -0.25) is 4.40 Å². The minimum atomic E-state index is -0.523. The van der Waals surface area contributed by atoms with Gasteiger partial charge in [-0.05, 0) is 13.0 Å². The van der Waals surface area contributed by atoms with Crippen LogP contribution in [-0.4, -0.2) is 26.9 Å². The first-order chi connectivity index (χ1) is 7.24. The molecule has 0 aliphatic heterocycles. The van der Waals surface area contributed by atoms with Crippen molar-refractivity contribution in [2.75, 3.05) is 6.61 Å². The Hall–Kier alpha value is -2.11. The van der Waals surface area contributed by atoms with E-state index in [1.165, 1.54) is 16.9 Å². The zero-order chi connectivity index (χ0) is 10.8. The van der Waals surface area contributed by atoms with Gasteiger partial charge in [-0.15, -0.1) is 0 Å². The molecule has 6 nitrogen and oxygen atoms in total. The molecule has 2 heterocycles. The van der Waals surface area contributed by atoms with E-state index in [0.29, 0.717) is 5.52 Å². The van der Waals surface area contributed by atoms with Crippen LogP contribution in [0.2, 0.25) is 0 Å². The first-order valence-electron chi connectivity index (χ1n) is 4.46. The van der Waals surface area contributed by atoms with E-state index in [-0.39, 0.29) is 18.0 Å². The molecule has 0 saturated heterocycles. The molecule has 0 spiro atoms. The second-order valence-electron chi connectivity index (χ2n) is 2.85. The highest BCUT2D eigenvalue weighted by atomic mass is 16.5. The Kier molecular flexibility index (Phi) is 2.24. The lowest BCUT2D eigenvalue weighted by atomic mass is 10.3. The van der Waals surface area contributed by atoms with Crippen molar-refractivity contribution in [2.24, 2.45) is 0 Å². The fourth-order valence-corrected chi connectivity index (χ4v) is 1.30. The van der Waals surface area contributed by atoms with Crippen molar-refractivity contribution >= 4 is 11.5 Å². The van der Waals surface area contributed by atoms with Gasteiger partial charge < -0.3 is 9.72 Å².